The first-order valence-electron chi connectivity index (χ1n) is 7.21. The Labute approximate surface area is 115 Å². The predicted octanol–water partition coefficient (Wildman–Crippen LogP) is 2.35. The second kappa shape index (κ2) is 4.50. The third kappa shape index (κ3) is 2.26. The van der Waals surface area contributed by atoms with E-state index in [0.29, 0.717) is 12.0 Å². The molecule has 2 aliphatic rings. The average molecular weight is 260 g/mol. The molecular formula is C16H24N2O. The number of nitrogens with two attached hydrogens (primary N) is 1. The van der Waals surface area contributed by atoms with Crippen LogP contribution in [0.2, 0.25) is 0 Å². The summed E-state index contributed by atoms with van der Waals surface area (Å²) in [4.78, 5) is 2.42. The van der Waals surface area contributed by atoms with E-state index in [2.05, 4.69) is 44.0 Å². The van der Waals surface area contributed by atoms with E-state index in [9.17, 15) is 0 Å². The number of rotatable bonds is 2. The van der Waals surface area contributed by atoms with Crippen LogP contribution in [-0.2, 0) is 6.42 Å². The molecule has 0 saturated carbocycles. The highest BCUT2D eigenvalue weighted by Crippen LogP contribution is 2.44. The fourth-order valence-electron chi connectivity index (χ4n) is 3.54. The van der Waals surface area contributed by atoms with E-state index in [1.807, 2.05) is 0 Å². The Kier molecular flexibility index (Phi) is 3.06. The van der Waals surface area contributed by atoms with Crippen LogP contribution in [0.5, 0.6) is 5.75 Å². The van der Waals surface area contributed by atoms with Gasteiger partial charge in [0.25, 0.3) is 0 Å². The third-order valence-corrected chi connectivity index (χ3v) is 4.45. The zero-order valence-electron chi connectivity index (χ0n) is 12.1. The van der Waals surface area contributed by atoms with Crippen molar-refractivity contribution in [1.29, 1.82) is 0 Å². The van der Waals surface area contributed by atoms with Crippen LogP contribution >= 0.6 is 0 Å². The Hall–Kier alpha value is -1.06. The molecule has 2 atom stereocenters. The Bertz CT molecular complexity index is 484. The molecule has 1 aromatic rings. The second-order valence-corrected chi connectivity index (χ2v) is 6.67. The molecule has 3 nitrogen and oxygen atoms in total. The highest BCUT2D eigenvalue weighted by molar-refractivity contribution is 5.47. The number of hydrogen-bond acceptors (Lipinski definition) is 3. The van der Waals surface area contributed by atoms with Gasteiger partial charge in [-0.15, -0.1) is 0 Å². The van der Waals surface area contributed by atoms with Crippen LogP contribution in [0.15, 0.2) is 18.2 Å². The summed E-state index contributed by atoms with van der Waals surface area (Å²) in [5.41, 5.74) is 8.47. The summed E-state index contributed by atoms with van der Waals surface area (Å²) in [5, 5.41) is 0. The molecule has 3 heteroatoms. The van der Waals surface area contributed by atoms with Gasteiger partial charge in [-0.25, -0.2) is 0 Å². The number of hydrogen-bond donors (Lipinski definition) is 1. The summed E-state index contributed by atoms with van der Waals surface area (Å²) in [5.74, 6) is 1.74. The molecule has 2 unspecified atom stereocenters. The van der Waals surface area contributed by atoms with Crippen LogP contribution in [0.3, 0.4) is 0 Å². The first kappa shape index (κ1) is 12.9. The van der Waals surface area contributed by atoms with Crippen LogP contribution in [-0.4, -0.2) is 30.6 Å². The molecule has 0 amide bonds. The highest BCUT2D eigenvalue weighted by atomic mass is 16.5. The lowest BCUT2D eigenvalue weighted by molar-refractivity contribution is 0.135. The number of likely N-dealkylation sites (tertiary alicyclic amines) is 1. The maximum absolute atomic E-state index is 6.20. The number of nitrogens with zero attached hydrogens (tertiary/aromatic N) is 1. The van der Waals surface area contributed by atoms with E-state index in [-0.39, 0.29) is 5.60 Å². The molecule has 0 radical (unpaired) electrons. The van der Waals surface area contributed by atoms with Crippen molar-refractivity contribution in [3.05, 3.63) is 29.3 Å². The molecule has 0 spiro atoms. The van der Waals surface area contributed by atoms with Crippen LogP contribution in [0.1, 0.15) is 37.4 Å². The first-order chi connectivity index (χ1) is 9.00. The predicted molar refractivity (Wildman–Crippen MR) is 77.4 cm³/mol. The smallest absolute Gasteiger partial charge is 0.128 e. The van der Waals surface area contributed by atoms with E-state index in [4.69, 9.17) is 10.5 Å². The van der Waals surface area contributed by atoms with Crippen molar-refractivity contribution in [1.82, 2.24) is 4.90 Å². The summed E-state index contributed by atoms with van der Waals surface area (Å²) in [6.07, 6.45) is 2.15. The fourth-order valence-corrected chi connectivity index (χ4v) is 3.54. The van der Waals surface area contributed by atoms with Gasteiger partial charge in [0.1, 0.15) is 11.4 Å². The van der Waals surface area contributed by atoms with Gasteiger partial charge in [0.05, 0.1) is 0 Å². The van der Waals surface area contributed by atoms with E-state index in [1.54, 1.807) is 0 Å². The topological polar surface area (TPSA) is 38.5 Å². The van der Waals surface area contributed by atoms with E-state index in [0.717, 1.165) is 31.7 Å². The molecule has 3 rings (SSSR count). The second-order valence-electron chi connectivity index (χ2n) is 6.67. The van der Waals surface area contributed by atoms with Crippen molar-refractivity contribution in [3.8, 4) is 5.75 Å². The van der Waals surface area contributed by atoms with Gasteiger partial charge in [0.15, 0.2) is 0 Å². The summed E-state index contributed by atoms with van der Waals surface area (Å²) in [7, 11) is 2.19. The Morgan fingerprint density at radius 3 is 2.89 bits per heavy atom. The third-order valence-electron chi connectivity index (χ3n) is 4.45. The van der Waals surface area contributed by atoms with E-state index < -0.39 is 0 Å². The average Bonchev–Trinajstić information content (AvgIpc) is 2.86. The van der Waals surface area contributed by atoms with Crippen LogP contribution < -0.4 is 10.5 Å². The maximum atomic E-state index is 6.20. The number of fused-ring (bicyclic) bond motifs is 1. The Balaban J connectivity index is 1.94. The quantitative estimate of drug-likeness (QED) is 0.887. The summed E-state index contributed by atoms with van der Waals surface area (Å²) < 4.78 is 6.20. The normalized spacial score (nSPS) is 29.3. The number of para-hydroxylation sites is 1. The van der Waals surface area contributed by atoms with Gasteiger partial charge in [-0.2, -0.15) is 0 Å². The standard InChI is InChI=1S/C16H24N2O/c1-16(2)8-12-5-4-6-13(15(12)19-16)14-7-11(9-17)10-18(14)3/h4-6,11,14H,7-10,17H2,1-3H3. The Morgan fingerprint density at radius 1 is 1.42 bits per heavy atom. The molecule has 1 saturated heterocycles. The molecule has 2 heterocycles. The molecule has 104 valence electrons. The molecule has 2 N–H and O–H groups in total. The van der Waals surface area contributed by atoms with Gasteiger partial charge < -0.3 is 10.5 Å². The molecular weight excluding hydrogens is 236 g/mol. The zero-order chi connectivity index (χ0) is 13.6. The molecule has 2 aliphatic heterocycles. The van der Waals surface area contributed by atoms with Crippen LogP contribution in [0, 0.1) is 5.92 Å². The van der Waals surface area contributed by atoms with Gasteiger partial charge in [-0.05, 0) is 45.3 Å². The van der Waals surface area contributed by atoms with Gasteiger partial charge >= 0.3 is 0 Å². The summed E-state index contributed by atoms with van der Waals surface area (Å²) in [6.45, 7) is 6.20. The van der Waals surface area contributed by atoms with E-state index >= 15 is 0 Å². The first-order valence-corrected chi connectivity index (χ1v) is 7.21. The summed E-state index contributed by atoms with van der Waals surface area (Å²) in [6, 6.07) is 7.04. The number of benzene rings is 1. The highest BCUT2D eigenvalue weighted by Gasteiger charge is 2.37. The maximum Gasteiger partial charge on any atom is 0.128 e. The molecule has 0 aliphatic carbocycles. The van der Waals surface area contributed by atoms with E-state index in [1.165, 1.54) is 11.1 Å². The van der Waals surface area contributed by atoms with Gasteiger partial charge in [-0.1, -0.05) is 18.2 Å². The van der Waals surface area contributed by atoms with Crippen molar-refractivity contribution in [2.75, 3.05) is 20.1 Å². The molecule has 0 bridgehead atoms. The zero-order valence-corrected chi connectivity index (χ0v) is 12.1. The van der Waals surface area contributed by atoms with Gasteiger partial charge in [0, 0.05) is 24.6 Å². The SMILES string of the molecule is CN1CC(CN)CC1c1cccc2c1OC(C)(C)C2. The molecule has 1 aromatic carbocycles. The monoisotopic (exact) mass is 260 g/mol. The minimum atomic E-state index is -0.0666. The van der Waals surface area contributed by atoms with Crippen LogP contribution in [0.25, 0.3) is 0 Å². The lowest BCUT2D eigenvalue weighted by Crippen LogP contribution is -2.25. The van der Waals surface area contributed by atoms with Crippen molar-refractivity contribution in [2.45, 2.75) is 38.3 Å². The summed E-state index contributed by atoms with van der Waals surface area (Å²) >= 11 is 0. The molecule has 0 aromatic heterocycles. The molecule has 1 fully saturated rings. The van der Waals surface area contributed by atoms with Crippen molar-refractivity contribution >= 4 is 0 Å². The largest absolute Gasteiger partial charge is 0.487 e. The minimum absolute atomic E-state index is 0.0666. The Morgan fingerprint density at radius 2 is 2.21 bits per heavy atom. The van der Waals surface area contributed by atoms with Crippen molar-refractivity contribution in [2.24, 2.45) is 11.7 Å². The number of ether oxygens (including phenoxy) is 1. The fraction of sp³-hybridized carbons (Fsp3) is 0.625. The lowest BCUT2D eigenvalue weighted by Gasteiger charge is -2.23. The van der Waals surface area contributed by atoms with Gasteiger partial charge in [0.2, 0.25) is 0 Å². The van der Waals surface area contributed by atoms with Crippen molar-refractivity contribution < 1.29 is 4.74 Å². The van der Waals surface area contributed by atoms with Crippen molar-refractivity contribution in [3.63, 3.8) is 0 Å². The minimum Gasteiger partial charge on any atom is -0.487 e. The van der Waals surface area contributed by atoms with Crippen LogP contribution in [0.4, 0.5) is 0 Å². The van der Waals surface area contributed by atoms with Gasteiger partial charge in [-0.3, -0.25) is 4.90 Å². The lowest BCUT2D eigenvalue weighted by atomic mass is 9.95. The molecule has 19 heavy (non-hydrogen) atoms.